The Morgan fingerprint density at radius 2 is 2.14 bits per heavy atom. The fourth-order valence-corrected chi connectivity index (χ4v) is 3.14. The van der Waals surface area contributed by atoms with Crippen molar-refractivity contribution in [2.45, 2.75) is 26.3 Å². The monoisotopic (exact) mass is 313 g/mol. The van der Waals surface area contributed by atoms with Crippen molar-refractivity contribution in [3.8, 4) is 0 Å². The molecule has 1 aromatic carbocycles. The Morgan fingerprint density at radius 1 is 1.32 bits per heavy atom. The van der Waals surface area contributed by atoms with Gasteiger partial charge in [0.1, 0.15) is 5.82 Å². The Balaban J connectivity index is 1.78. The Labute approximate surface area is 133 Å². The Hall–Kier alpha value is -2.14. The van der Waals surface area contributed by atoms with E-state index in [4.69, 9.17) is 0 Å². The molecular weight excluding hydrogens is 294 g/mol. The van der Waals surface area contributed by atoms with E-state index in [-0.39, 0.29) is 17.9 Å². The molecule has 5 heteroatoms. The summed E-state index contributed by atoms with van der Waals surface area (Å²) in [7, 11) is 0. The Morgan fingerprint density at radius 3 is 2.82 bits per heavy atom. The van der Waals surface area contributed by atoms with Gasteiger partial charge in [0, 0.05) is 0 Å². The summed E-state index contributed by atoms with van der Waals surface area (Å²) in [6.45, 7) is 4.17. The first-order chi connectivity index (χ1) is 10.6. The van der Waals surface area contributed by atoms with Gasteiger partial charge in [-0.25, -0.2) is 4.98 Å². The molecule has 1 atom stereocenters. The molecule has 0 aliphatic carbocycles. The summed E-state index contributed by atoms with van der Waals surface area (Å²) in [5.41, 5.74) is 2.97. The Bertz CT molecular complexity index is 728. The van der Waals surface area contributed by atoms with Gasteiger partial charge >= 0.3 is 0 Å². The minimum absolute atomic E-state index is 0.0255. The van der Waals surface area contributed by atoms with Crippen molar-refractivity contribution in [3.05, 3.63) is 52.5 Å². The number of H-pyrrole nitrogens is 1. The molecule has 2 aromatic heterocycles. The maximum Gasteiger partial charge on any atom is 0.225 e. The van der Waals surface area contributed by atoms with E-state index in [1.54, 1.807) is 11.3 Å². The molecule has 2 heterocycles. The van der Waals surface area contributed by atoms with Crippen LogP contribution in [0.5, 0.6) is 0 Å². The highest BCUT2D eigenvalue weighted by atomic mass is 32.1. The molecule has 2 N–H and O–H groups in total. The van der Waals surface area contributed by atoms with E-state index < -0.39 is 0 Å². The van der Waals surface area contributed by atoms with Crippen molar-refractivity contribution in [3.63, 3.8) is 0 Å². The van der Waals surface area contributed by atoms with Crippen molar-refractivity contribution >= 4 is 28.3 Å². The lowest BCUT2D eigenvalue weighted by Gasteiger charge is -2.20. The second-order valence-electron chi connectivity index (χ2n) is 5.74. The van der Waals surface area contributed by atoms with Gasteiger partial charge in [0.25, 0.3) is 0 Å². The second kappa shape index (κ2) is 6.32. The van der Waals surface area contributed by atoms with Gasteiger partial charge in [0.2, 0.25) is 5.91 Å². The summed E-state index contributed by atoms with van der Waals surface area (Å²) in [6, 6.07) is 9.78. The van der Waals surface area contributed by atoms with E-state index in [1.807, 2.05) is 41.1 Å². The van der Waals surface area contributed by atoms with E-state index >= 15 is 0 Å². The topological polar surface area (TPSA) is 57.8 Å². The third-order valence-corrected chi connectivity index (χ3v) is 4.36. The van der Waals surface area contributed by atoms with Crippen LogP contribution >= 0.6 is 11.3 Å². The lowest BCUT2D eigenvalue weighted by Crippen LogP contribution is -2.33. The average Bonchev–Trinajstić information content (AvgIpc) is 3.12. The number of para-hydroxylation sites is 2. The van der Waals surface area contributed by atoms with Crippen LogP contribution in [0.2, 0.25) is 0 Å². The van der Waals surface area contributed by atoms with Crippen LogP contribution in [0, 0.1) is 5.92 Å². The maximum absolute atomic E-state index is 12.3. The molecule has 0 aliphatic heterocycles. The van der Waals surface area contributed by atoms with E-state index in [9.17, 15) is 4.79 Å². The quantitative estimate of drug-likeness (QED) is 0.755. The summed E-state index contributed by atoms with van der Waals surface area (Å²) < 4.78 is 0. The van der Waals surface area contributed by atoms with Crippen molar-refractivity contribution in [2.24, 2.45) is 5.92 Å². The summed E-state index contributed by atoms with van der Waals surface area (Å²) in [4.78, 5) is 20.2. The van der Waals surface area contributed by atoms with Gasteiger partial charge in [-0.1, -0.05) is 26.0 Å². The first-order valence-corrected chi connectivity index (χ1v) is 8.33. The van der Waals surface area contributed by atoms with Gasteiger partial charge in [-0.3, -0.25) is 4.79 Å². The van der Waals surface area contributed by atoms with E-state index in [0.29, 0.717) is 6.42 Å². The number of hydrogen-bond donors (Lipinski definition) is 2. The molecule has 0 bridgehead atoms. The molecule has 114 valence electrons. The van der Waals surface area contributed by atoms with E-state index in [2.05, 4.69) is 29.1 Å². The number of benzene rings is 1. The normalized spacial score (nSPS) is 12.7. The predicted molar refractivity (Wildman–Crippen MR) is 89.8 cm³/mol. The van der Waals surface area contributed by atoms with Crippen molar-refractivity contribution < 1.29 is 4.79 Å². The number of nitrogens with zero attached hydrogens (tertiary/aromatic N) is 1. The third-order valence-electron chi connectivity index (χ3n) is 3.63. The molecule has 1 amide bonds. The molecule has 22 heavy (non-hydrogen) atoms. The van der Waals surface area contributed by atoms with Crippen LogP contribution in [-0.2, 0) is 11.2 Å². The van der Waals surface area contributed by atoms with Crippen LogP contribution in [0.25, 0.3) is 11.0 Å². The number of rotatable bonds is 5. The van der Waals surface area contributed by atoms with Crippen LogP contribution in [0.3, 0.4) is 0 Å². The molecule has 0 fully saturated rings. The molecule has 0 unspecified atom stereocenters. The van der Waals surface area contributed by atoms with Crippen LogP contribution in [0.15, 0.2) is 41.1 Å². The molecule has 0 saturated heterocycles. The van der Waals surface area contributed by atoms with Gasteiger partial charge in [-0.2, -0.15) is 11.3 Å². The third kappa shape index (κ3) is 3.20. The zero-order valence-electron chi connectivity index (χ0n) is 12.7. The fourth-order valence-electron chi connectivity index (χ4n) is 2.47. The molecular formula is C17H19N3OS. The average molecular weight is 313 g/mol. The number of aromatic amines is 1. The van der Waals surface area contributed by atoms with Crippen LogP contribution in [-0.4, -0.2) is 15.9 Å². The standard InChI is InChI=1S/C17H19N3OS/c1-11(2)16(20-15(21)9-12-7-8-22-10-12)17-18-13-5-3-4-6-14(13)19-17/h3-8,10-11,16H,9H2,1-2H3,(H,18,19)(H,20,21)/t16-/m1/s1. The minimum Gasteiger partial charge on any atom is -0.346 e. The number of fused-ring (bicyclic) bond motifs is 1. The number of imidazole rings is 1. The van der Waals surface area contributed by atoms with Gasteiger partial charge in [0.05, 0.1) is 23.5 Å². The predicted octanol–water partition coefficient (Wildman–Crippen LogP) is 3.68. The van der Waals surface area contributed by atoms with Gasteiger partial charge in [-0.05, 0) is 40.4 Å². The van der Waals surface area contributed by atoms with Gasteiger partial charge in [0.15, 0.2) is 0 Å². The highest BCUT2D eigenvalue weighted by molar-refractivity contribution is 7.07. The van der Waals surface area contributed by atoms with Crippen LogP contribution < -0.4 is 5.32 Å². The first-order valence-electron chi connectivity index (χ1n) is 7.38. The molecule has 0 aliphatic rings. The molecule has 3 rings (SSSR count). The number of carbonyl (C=O) groups is 1. The highest BCUT2D eigenvalue weighted by Crippen LogP contribution is 2.22. The van der Waals surface area contributed by atoms with Crippen LogP contribution in [0.4, 0.5) is 0 Å². The number of aromatic nitrogens is 2. The molecule has 0 radical (unpaired) electrons. The van der Waals surface area contributed by atoms with Crippen molar-refractivity contribution in [2.75, 3.05) is 0 Å². The summed E-state index contributed by atoms with van der Waals surface area (Å²) in [5, 5.41) is 7.10. The zero-order chi connectivity index (χ0) is 15.5. The number of thiophene rings is 1. The lowest BCUT2D eigenvalue weighted by molar-refractivity contribution is -0.121. The number of nitrogens with one attached hydrogen (secondary N) is 2. The second-order valence-corrected chi connectivity index (χ2v) is 6.52. The molecule has 4 nitrogen and oxygen atoms in total. The van der Waals surface area contributed by atoms with Crippen molar-refractivity contribution in [1.82, 2.24) is 15.3 Å². The highest BCUT2D eigenvalue weighted by Gasteiger charge is 2.21. The SMILES string of the molecule is CC(C)[C@@H](NC(=O)Cc1ccsc1)c1nc2ccccc2[nH]1. The number of amides is 1. The van der Waals surface area contributed by atoms with Gasteiger partial charge < -0.3 is 10.3 Å². The number of carbonyl (C=O) groups excluding carboxylic acids is 1. The maximum atomic E-state index is 12.3. The Kier molecular flexibility index (Phi) is 4.24. The molecule has 3 aromatic rings. The molecule has 0 spiro atoms. The summed E-state index contributed by atoms with van der Waals surface area (Å²) in [5.74, 6) is 1.10. The fraction of sp³-hybridized carbons (Fsp3) is 0.294. The summed E-state index contributed by atoms with van der Waals surface area (Å²) >= 11 is 1.61. The van der Waals surface area contributed by atoms with Crippen LogP contribution in [0.1, 0.15) is 31.3 Å². The first kappa shape index (κ1) is 14.8. The minimum atomic E-state index is -0.112. The lowest BCUT2D eigenvalue weighted by atomic mass is 10.0. The number of hydrogen-bond acceptors (Lipinski definition) is 3. The molecule has 0 saturated carbocycles. The smallest absolute Gasteiger partial charge is 0.225 e. The largest absolute Gasteiger partial charge is 0.346 e. The summed E-state index contributed by atoms with van der Waals surface area (Å²) in [6.07, 6.45) is 0.410. The zero-order valence-corrected chi connectivity index (χ0v) is 13.5. The van der Waals surface area contributed by atoms with Crippen molar-refractivity contribution in [1.29, 1.82) is 0 Å². The van der Waals surface area contributed by atoms with Gasteiger partial charge in [-0.15, -0.1) is 0 Å². The van der Waals surface area contributed by atoms with E-state index in [0.717, 1.165) is 22.4 Å². The van der Waals surface area contributed by atoms with E-state index in [1.165, 1.54) is 0 Å².